The summed E-state index contributed by atoms with van der Waals surface area (Å²) in [5.41, 5.74) is 8.46. The first-order valence-electron chi connectivity index (χ1n) is 21.4. The Morgan fingerprint density at radius 2 is 1.59 bits per heavy atom. The Labute approximate surface area is 304 Å². The number of hydrogen-bond donors (Lipinski definition) is 0. The maximum absolute atomic E-state index is 3.32. The van der Waals surface area contributed by atoms with Crippen LogP contribution in [0.15, 0.2) is 52.1 Å². The quantitative estimate of drug-likeness (QED) is 0.288. The van der Waals surface area contributed by atoms with Crippen molar-refractivity contribution < 1.29 is 0 Å². The van der Waals surface area contributed by atoms with Gasteiger partial charge in [-0.1, -0.05) is 102 Å². The van der Waals surface area contributed by atoms with Crippen LogP contribution in [-0.2, 0) is 0 Å². The van der Waals surface area contributed by atoms with Crippen LogP contribution in [0.3, 0.4) is 0 Å². The third-order valence-electron chi connectivity index (χ3n) is 17.2. The van der Waals surface area contributed by atoms with E-state index >= 15 is 0 Å². The van der Waals surface area contributed by atoms with Crippen LogP contribution in [0.2, 0.25) is 5.82 Å². The molecule has 0 bridgehead atoms. The Morgan fingerprint density at radius 3 is 2.35 bits per heavy atom. The van der Waals surface area contributed by atoms with Gasteiger partial charge in [-0.15, -0.1) is 11.8 Å². The van der Waals surface area contributed by atoms with Gasteiger partial charge in [0, 0.05) is 50.4 Å². The van der Waals surface area contributed by atoms with E-state index in [1.807, 2.05) is 11.2 Å². The van der Waals surface area contributed by atoms with E-state index in [-0.39, 0.29) is 5.54 Å². The summed E-state index contributed by atoms with van der Waals surface area (Å²) < 4.78 is 0. The van der Waals surface area contributed by atoms with Gasteiger partial charge in [-0.05, 0) is 119 Å². The predicted molar refractivity (Wildman–Crippen MR) is 208 cm³/mol. The van der Waals surface area contributed by atoms with Crippen LogP contribution < -0.4 is 0 Å². The summed E-state index contributed by atoms with van der Waals surface area (Å²) in [7, 11) is 0. The summed E-state index contributed by atoms with van der Waals surface area (Å²) >= 11 is 2.33. The van der Waals surface area contributed by atoms with Crippen LogP contribution in [0.4, 0.5) is 0 Å². The fraction of sp³-hybridized carbons (Fsp3) is 0.778. The van der Waals surface area contributed by atoms with E-state index in [9.17, 15) is 0 Å². The first-order valence-corrected chi connectivity index (χ1v) is 22.3. The minimum atomic E-state index is 0.248. The molecule has 3 saturated carbocycles. The third kappa shape index (κ3) is 4.59. The summed E-state index contributed by atoms with van der Waals surface area (Å²) in [5.74, 6) is 4.18. The van der Waals surface area contributed by atoms with Crippen LogP contribution >= 0.6 is 11.8 Å². The van der Waals surface area contributed by atoms with Crippen molar-refractivity contribution in [3.63, 3.8) is 0 Å². The van der Waals surface area contributed by atoms with Crippen molar-refractivity contribution in [3.8, 4) is 0 Å². The highest BCUT2D eigenvalue weighted by atomic mass is 32.2. The fourth-order valence-electron chi connectivity index (χ4n) is 15.0. The molecule has 4 heteroatoms. The van der Waals surface area contributed by atoms with Crippen molar-refractivity contribution in [2.75, 3.05) is 0 Å². The summed E-state index contributed by atoms with van der Waals surface area (Å²) in [4.78, 5) is 8.14. The number of fused-ring (bicyclic) bond motifs is 7. The molecule has 4 heterocycles. The maximum Gasteiger partial charge on any atom is 0.197 e. The zero-order valence-electron chi connectivity index (χ0n) is 31.7. The molecule has 1 spiro atoms. The molecule has 1 aromatic carbocycles. The summed E-state index contributed by atoms with van der Waals surface area (Å²) in [6.07, 6.45) is 28.6. The Kier molecular flexibility index (Phi) is 7.67. The average molecular weight is 677 g/mol. The molecule has 2 saturated heterocycles. The fourth-order valence-corrected chi connectivity index (χ4v) is 16.7. The van der Waals surface area contributed by atoms with E-state index in [4.69, 9.17) is 0 Å². The molecule has 9 aliphatic rings. The molecule has 1 aromatic rings. The zero-order chi connectivity index (χ0) is 33.3. The van der Waals surface area contributed by atoms with E-state index in [1.54, 1.807) is 16.2 Å². The Balaban J connectivity index is 1.20. The summed E-state index contributed by atoms with van der Waals surface area (Å²) in [6, 6.07) is 11.7. The van der Waals surface area contributed by atoms with Gasteiger partial charge in [-0.3, -0.25) is 0 Å². The van der Waals surface area contributed by atoms with Crippen molar-refractivity contribution in [1.29, 1.82) is 0 Å². The number of hydrogen-bond acceptors (Lipinski definition) is 3. The normalized spacial score (nSPS) is 39.4. The summed E-state index contributed by atoms with van der Waals surface area (Å²) in [6.45, 7) is 14.1. The number of allylic oxidation sites excluding steroid dienone is 4. The van der Waals surface area contributed by atoms with E-state index < -0.39 is 0 Å². The Morgan fingerprint density at radius 1 is 0.837 bits per heavy atom. The van der Waals surface area contributed by atoms with Crippen LogP contribution in [0, 0.1) is 34.5 Å². The number of thioether (sulfide) groups is 1. The Hall–Kier alpha value is -1.29. The molecule has 0 N–H and O–H groups in total. The highest BCUT2D eigenvalue weighted by Crippen LogP contribution is 2.72. The third-order valence-corrected chi connectivity index (χ3v) is 18.7. The minimum absolute atomic E-state index is 0.248. The molecule has 10 rings (SSSR count). The molecular formula is C45H65BN2S. The van der Waals surface area contributed by atoms with E-state index in [0.29, 0.717) is 28.1 Å². The number of nitrogens with zero attached hydrogens (tertiary/aromatic N) is 2. The zero-order valence-corrected chi connectivity index (χ0v) is 32.5. The largest absolute Gasteiger partial charge is 0.367 e. The Bertz CT molecular complexity index is 1520. The van der Waals surface area contributed by atoms with Crippen molar-refractivity contribution in [3.05, 3.63) is 52.8 Å². The van der Waals surface area contributed by atoms with Crippen molar-refractivity contribution in [2.24, 2.45) is 34.5 Å². The van der Waals surface area contributed by atoms with E-state index in [1.165, 1.54) is 116 Å². The lowest BCUT2D eigenvalue weighted by Gasteiger charge is -2.65. The van der Waals surface area contributed by atoms with Crippen molar-refractivity contribution >= 4 is 18.5 Å². The van der Waals surface area contributed by atoms with Crippen molar-refractivity contribution in [2.45, 2.75) is 190 Å². The molecule has 8 unspecified atom stereocenters. The highest BCUT2D eigenvalue weighted by molar-refractivity contribution is 8.01. The standard InChI is InChI=1S/C45H65BN2S/c1-43(2,3)31-27-34-41-35(28-31)46-39-36(47(32-19-11-7-12-20-32)40-33-21-13-14-22-38(33)49-42(40)46)25-30(29-17-9-6-10-18-29)26-37(39)48(41)44(4,5)45(34)23-15-8-16-24-45/h13-14,19,21-22,29-31,34,36-37,39-40,42H,6-12,15-18,20,23-28H2,1-5H3. The molecule has 2 nitrogen and oxygen atoms in total. The van der Waals surface area contributed by atoms with E-state index in [2.05, 4.69) is 86.5 Å². The second-order valence-electron chi connectivity index (χ2n) is 20.4. The molecule has 0 radical (unpaired) electrons. The monoisotopic (exact) mass is 676 g/mol. The second kappa shape index (κ2) is 11.6. The highest BCUT2D eigenvalue weighted by Gasteiger charge is 2.71. The lowest BCUT2D eigenvalue weighted by atomic mass is 9.25. The first kappa shape index (κ1) is 32.4. The smallest absolute Gasteiger partial charge is 0.197 e. The molecule has 0 amide bonds. The lowest BCUT2D eigenvalue weighted by Crippen LogP contribution is -2.69. The molecule has 0 aromatic heterocycles. The SMILES string of the molecule is CC(C)(C)C1CC2=C3C(C1)C1(CCCCC1)C(C)(C)N3C1CC(C3CCCCC3)CC3C1B2C1Sc2ccccc2C1N3C1=CCCCC1. The first-order chi connectivity index (χ1) is 23.7. The van der Waals surface area contributed by atoms with Gasteiger partial charge in [-0.25, -0.2) is 0 Å². The second-order valence-corrected chi connectivity index (χ2v) is 21.6. The van der Waals surface area contributed by atoms with Crippen LogP contribution in [0.5, 0.6) is 0 Å². The molecule has 5 aliphatic carbocycles. The van der Waals surface area contributed by atoms with Crippen molar-refractivity contribution in [1.82, 2.24) is 9.80 Å². The van der Waals surface area contributed by atoms with Gasteiger partial charge < -0.3 is 9.80 Å². The molecule has 8 atom stereocenters. The van der Waals surface area contributed by atoms with Crippen LogP contribution in [0.1, 0.15) is 162 Å². The number of rotatable bonds is 2. The van der Waals surface area contributed by atoms with Gasteiger partial charge >= 0.3 is 0 Å². The van der Waals surface area contributed by atoms with Gasteiger partial charge in [0.2, 0.25) is 0 Å². The summed E-state index contributed by atoms with van der Waals surface area (Å²) in [5, 5.41) is 0.658. The number of benzene rings is 1. The molecular weight excluding hydrogens is 611 g/mol. The molecule has 264 valence electrons. The minimum Gasteiger partial charge on any atom is -0.367 e. The van der Waals surface area contributed by atoms with Gasteiger partial charge in [0.15, 0.2) is 6.71 Å². The predicted octanol–water partition coefficient (Wildman–Crippen LogP) is 12.0. The topological polar surface area (TPSA) is 6.48 Å². The van der Waals surface area contributed by atoms with Gasteiger partial charge in [-0.2, -0.15) is 0 Å². The lowest BCUT2D eigenvalue weighted by molar-refractivity contribution is -0.0352. The maximum atomic E-state index is 3.32. The molecule has 4 aliphatic heterocycles. The van der Waals surface area contributed by atoms with E-state index in [0.717, 1.165) is 42.2 Å². The van der Waals surface area contributed by atoms with Gasteiger partial charge in [0.25, 0.3) is 0 Å². The average Bonchev–Trinajstić information content (AvgIpc) is 3.58. The van der Waals surface area contributed by atoms with Crippen LogP contribution in [0.25, 0.3) is 0 Å². The molecule has 5 fully saturated rings. The van der Waals surface area contributed by atoms with Gasteiger partial charge in [0.05, 0.1) is 6.04 Å². The van der Waals surface area contributed by atoms with Gasteiger partial charge in [0.1, 0.15) is 0 Å². The molecule has 49 heavy (non-hydrogen) atoms. The van der Waals surface area contributed by atoms with Crippen LogP contribution in [-0.4, -0.2) is 39.3 Å².